The summed E-state index contributed by atoms with van der Waals surface area (Å²) in [5, 5.41) is 3.30. The summed E-state index contributed by atoms with van der Waals surface area (Å²) < 4.78 is 5.42. The van der Waals surface area contributed by atoms with Gasteiger partial charge in [-0.15, -0.1) is 0 Å². The molecule has 0 bridgehead atoms. The zero-order valence-corrected chi connectivity index (χ0v) is 17.2. The molecule has 0 atom stereocenters. The monoisotopic (exact) mass is 389 g/mol. The lowest BCUT2D eigenvalue weighted by Gasteiger charge is -2.37. The topological polar surface area (TPSA) is 53.5 Å². The molecule has 4 rings (SSSR count). The Morgan fingerprint density at radius 2 is 1.62 bits per heavy atom. The van der Waals surface area contributed by atoms with E-state index in [-0.39, 0.29) is 0 Å². The van der Waals surface area contributed by atoms with Crippen LogP contribution in [0.15, 0.2) is 54.6 Å². The molecule has 150 valence electrons. The summed E-state index contributed by atoms with van der Waals surface area (Å²) >= 11 is 0. The molecule has 6 heteroatoms. The lowest BCUT2D eigenvalue weighted by molar-refractivity contribution is 0.417. The van der Waals surface area contributed by atoms with Crippen molar-refractivity contribution in [2.24, 2.45) is 0 Å². The van der Waals surface area contributed by atoms with Gasteiger partial charge in [0.05, 0.1) is 12.8 Å². The van der Waals surface area contributed by atoms with E-state index in [0.29, 0.717) is 5.95 Å². The summed E-state index contributed by atoms with van der Waals surface area (Å²) in [4.78, 5) is 14.1. The average Bonchev–Trinajstić information content (AvgIpc) is 2.74. The lowest BCUT2D eigenvalue weighted by Crippen LogP contribution is -2.47. The number of anilines is 4. The SMILES string of the molecule is COc1ccccc1Nc1nc(C)cc(N2CCN(c3cccc(C)c3)CC2)n1. The van der Waals surface area contributed by atoms with Gasteiger partial charge >= 0.3 is 0 Å². The van der Waals surface area contributed by atoms with E-state index >= 15 is 0 Å². The van der Waals surface area contributed by atoms with Gasteiger partial charge in [0.15, 0.2) is 0 Å². The third-order valence-electron chi connectivity index (χ3n) is 5.16. The molecular formula is C23H27N5O. The van der Waals surface area contributed by atoms with Gasteiger partial charge in [0.25, 0.3) is 0 Å². The molecule has 2 heterocycles. The molecule has 6 nitrogen and oxygen atoms in total. The first-order valence-corrected chi connectivity index (χ1v) is 9.94. The minimum absolute atomic E-state index is 0.589. The number of piperazine rings is 1. The maximum Gasteiger partial charge on any atom is 0.229 e. The van der Waals surface area contributed by atoms with Crippen LogP contribution in [0, 0.1) is 13.8 Å². The first kappa shape index (κ1) is 19.1. The van der Waals surface area contributed by atoms with E-state index in [1.807, 2.05) is 31.2 Å². The van der Waals surface area contributed by atoms with Gasteiger partial charge in [-0.25, -0.2) is 4.98 Å². The van der Waals surface area contributed by atoms with Crippen molar-refractivity contribution < 1.29 is 4.74 Å². The van der Waals surface area contributed by atoms with E-state index in [1.165, 1.54) is 11.3 Å². The highest BCUT2D eigenvalue weighted by molar-refractivity contribution is 5.63. The van der Waals surface area contributed by atoms with Crippen LogP contribution in [0.2, 0.25) is 0 Å². The van der Waals surface area contributed by atoms with E-state index in [4.69, 9.17) is 9.72 Å². The lowest BCUT2D eigenvalue weighted by atomic mass is 10.2. The van der Waals surface area contributed by atoms with Crippen molar-refractivity contribution in [3.8, 4) is 5.75 Å². The second kappa shape index (κ2) is 8.39. The molecular weight excluding hydrogens is 362 g/mol. The normalized spacial score (nSPS) is 14.0. The number of aromatic nitrogens is 2. The number of nitrogens with one attached hydrogen (secondary N) is 1. The number of benzene rings is 2. The van der Waals surface area contributed by atoms with Crippen LogP contribution in [0.4, 0.5) is 23.1 Å². The third kappa shape index (κ3) is 4.42. The molecule has 0 unspecified atom stereocenters. The fourth-order valence-electron chi connectivity index (χ4n) is 3.66. The molecule has 0 spiro atoms. The maximum absolute atomic E-state index is 5.42. The van der Waals surface area contributed by atoms with Crippen molar-refractivity contribution in [1.82, 2.24) is 9.97 Å². The summed E-state index contributed by atoms with van der Waals surface area (Å²) in [7, 11) is 1.66. The van der Waals surface area contributed by atoms with Crippen LogP contribution in [0.3, 0.4) is 0 Å². The molecule has 1 fully saturated rings. The quantitative estimate of drug-likeness (QED) is 0.707. The predicted molar refractivity (Wildman–Crippen MR) is 119 cm³/mol. The van der Waals surface area contributed by atoms with Crippen LogP contribution in [0.1, 0.15) is 11.3 Å². The molecule has 0 amide bonds. The second-order valence-electron chi connectivity index (χ2n) is 7.33. The molecule has 29 heavy (non-hydrogen) atoms. The van der Waals surface area contributed by atoms with Crippen LogP contribution >= 0.6 is 0 Å². The minimum Gasteiger partial charge on any atom is -0.495 e. The van der Waals surface area contributed by atoms with Gasteiger partial charge in [-0.2, -0.15) is 4.98 Å². The van der Waals surface area contributed by atoms with Crippen molar-refractivity contribution in [3.63, 3.8) is 0 Å². The van der Waals surface area contributed by atoms with Crippen LogP contribution in [-0.4, -0.2) is 43.3 Å². The van der Waals surface area contributed by atoms with Crippen LogP contribution in [0.5, 0.6) is 5.75 Å². The average molecular weight is 390 g/mol. The molecule has 1 saturated heterocycles. The van der Waals surface area contributed by atoms with Crippen molar-refractivity contribution in [2.75, 3.05) is 48.4 Å². The van der Waals surface area contributed by atoms with Crippen molar-refractivity contribution in [3.05, 3.63) is 65.9 Å². The predicted octanol–water partition coefficient (Wildman–Crippen LogP) is 4.17. The smallest absolute Gasteiger partial charge is 0.229 e. The number of methoxy groups -OCH3 is 1. The number of ether oxygens (including phenoxy) is 1. The van der Waals surface area contributed by atoms with Gasteiger partial charge in [-0.1, -0.05) is 24.3 Å². The standard InChI is InChI=1S/C23H27N5O/c1-17-7-6-8-19(15-17)27-11-13-28(14-12-27)22-16-18(2)24-23(26-22)25-20-9-4-5-10-21(20)29-3/h4-10,15-16H,11-14H2,1-3H3,(H,24,25,26). The van der Waals surface area contributed by atoms with E-state index in [1.54, 1.807) is 7.11 Å². The Morgan fingerprint density at radius 3 is 2.38 bits per heavy atom. The highest BCUT2D eigenvalue weighted by atomic mass is 16.5. The fourth-order valence-corrected chi connectivity index (χ4v) is 3.66. The maximum atomic E-state index is 5.42. The van der Waals surface area contributed by atoms with Crippen LogP contribution in [-0.2, 0) is 0 Å². The Hall–Kier alpha value is -3.28. The van der Waals surface area contributed by atoms with E-state index < -0.39 is 0 Å². The minimum atomic E-state index is 0.589. The van der Waals surface area contributed by atoms with Gasteiger partial charge < -0.3 is 19.9 Å². The molecule has 1 N–H and O–H groups in total. The number of rotatable bonds is 5. The summed E-state index contributed by atoms with van der Waals surface area (Å²) in [6.07, 6.45) is 0. The third-order valence-corrected chi connectivity index (χ3v) is 5.16. The highest BCUT2D eigenvalue weighted by Gasteiger charge is 2.19. The summed E-state index contributed by atoms with van der Waals surface area (Å²) in [5.41, 5.74) is 4.38. The Labute approximate surface area is 172 Å². The molecule has 0 radical (unpaired) electrons. The Kier molecular flexibility index (Phi) is 5.51. The molecule has 1 aliphatic rings. The van der Waals surface area contributed by atoms with E-state index in [2.05, 4.69) is 57.4 Å². The molecule has 1 aromatic heterocycles. The van der Waals surface area contributed by atoms with Crippen molar-refractivity contribution in [1.29, 1.82) is 0 Å². The largest absolute Gasteiger partial charge is 0.495 e. The number of hydrogen-bond donors (Lipinski definition) is 1. The van der Waals surface area contributed by atoms with Crippen LogP contribution < -0.4 is 19.9 Å². The van der Waals surface area contributed by atoms with Gasteiger partial charge in [0.1, 0.15) is 11.6 Å². The zero-order valence-electron chi connectivity index (χ0n) is 17.2. The highest BCUT2D eigenvalue weighted by Crippen LogP contribution is 2.27. The first-order chi connectivity index (χ1) is 14.1. The zero-order chi connectivity index (χ0) is 20.2. The number of hydrogen-bond acceptors (Lipinski definition) is 6. The second-order valence-corrected chi connectivity index (χ2v) is 7.33. The van der Waals surface area contributed by atoms with Crippen molar-refractivity contribution in [2.45, 2.75) is 13.8 Å². The molecule has 3 aromatic rings. The summed E-state index contributed by atoms with van der Waals surface area (Å²) in [5.74, 6) is 2.32. The van der Waals surface area contributed by atoms with E-state index in [0.717, 1.165) is 49.1 Å². The van der Waals surface area contributed by atoms with Gasteiger partial charge in [0, 0.05) is 43.6 Å². The summed E-state index contributed by atoms with van der Waals surface area (Å²) in [6, 6.07) is 18.5. The molecule has 0 aliphatic carbocycles. The number of aryl methyl sites for hydroxylation is 2. The first-order valence-electron chi connectivity index (χ1n) is 9.94. The Balaban J connectivity index is 1.48. The van der Waals surface area contributed by atoms with Gasteiger partial charge in [-0.05, 0) is 43.7 Å². The molecule has 2 aromatic carbocycles. The Morgan fingerprint density at radius 1 is 0.862 bits per heavy atom. The van der Waals surface area contributed by atoms with Gasteiger partial charge in [0.2, 0.25) is 5.95 Å². The molecule has 1 aliphatic heterocycles. The number of para-hydroxylation sites is 2. The Bertz CT molecular complexity index is 983. The summed E-state index contributed by atoms with van der Waals surface area (Å²) in [6.45, 7) is 7.95. The van der Waals surface area contributed by atoms with E-state index in [9.17, 15) is 0 Å². The van der Waals surface area contributed by atoms with Crippen LogP contribution in [0.25, 0.3) is 0 Å². The number of nitrogens with zero attached hydrogens (tertiary/aromatic N) is 4. The van der Waals surface area contributed by atoms with Gasteiger partial charge in [-0.3, -0.25) is 0 Å². The fraction of sp³-hybridized carbons (Fsp3) is 0.304. The molecule has 0 saturated carbocycles. The van der Waals surface area contributed by atoms with Crippen molar-refractivity contribution >= 4 is 23.1 Å².